The summed E-state index contributed by atoms with van der Waals surface area (Å²) in [4.78, 5) is 26.7. The molecule has 0 spiro atoms. The van der Waals surface area contributed by atoms with Crippen molar-refractivity contribution in [1.82, 2.24) is 0 Å². The quantitative estimate of drug-likeness (QED) is 0.431. The summed E-state index contributed by atoms with van der Waals surface area (Å²) in [5, 5.41) is 0.369. The molecule has 1 saturated heterocycles. The third-order valence-corrected chi connectivity index (χ3v) is 5.85. The molecule has 0 radical (unpaired) electrons. The molecule has 30 heavy (non-hydrogen) atoms. The zero-order valence-corrected chi connectivity index (χ0v) is 17.7. The summed E-state index contributed by atoms with van der Waals surface area (Å²) >= 11 is 7.09. The number of aryl methyl sites for hydroxylation is 1. The summed E-state index contributed by atoms with van der Waals surface area (Å²) in [5.74, 6) is 0.382. The van der Waals surface area contributed by atoms with Crippen molar-refractivity contribution in [3.63, 3.8) is 0 Å². The maximum absolute atomic E-state index is 12.7. The standard InChI is InChI=1S/C24H18ClNO3S/c1-16-6-10-19(11-7-16)26-23(27)22(30-24(26)28)14-17-8-12-20(13-9-17)29-15-18-4-2-3-5-21(18)25/h2-14H,15H2,1H3/b22-14-. The molecule has 1 aliphatic rings. The monoisotopic (exact) mass is 435 g/mol. The second-order valence-electron chi connectivity index (χ2n) is 6.80. The van der Waals surface area contributed by atoms with Crippen molar-refractivity contribution in [3.05, 3.63) is 99.4 Å². The lowest BCUT2D eigenvalue weighted by atomic mass is 10.2. The first-order chi connectivity index (χ1) is 14.5. The molecule has 0 aliphatic carbocycles. The van der Waals surface area contributed by atoms with Gasteiger partial charge in [0.1, 0.15) is 12.4 Å². The Bertz CT molecular complexity index is 1120. The van der Waals surface area contributed by atoms with Gasteiger partial charge >= 0.3 is 0 Å². The van der Waals surface area contributed by atoms with E-state index in [1.807, 2.05) is 67.6 Å². The topological polar surface area (TPSA) is 46.6 Å². The third-order valence-electron chi connectivity index (χ3n) is 4.62. The van der Waals surface area contributed by atoms with Crippen LogP contribution in [0.4, 0.5) is 10.5 Å². The van der Waals surface area contributed by atoms with E-state index in [1.165, 1.54) is 4.90 Å². The van der Waals surface area contributed by atoms with Crippen LogP contribution in [0.15, 0.2) is 77.7 Å². The second kappa shape index (κ2) is 8.78. The Labute approximate surface area is 184 Å². The van der Waals surface area contributed by atoms with Crippen LogP contribution < -0.4 is 9.64 Å². The number of imide groups is 1. The summed E-state index contributed by atoms with van der Waals surface area (Å²) in [6.45, 7) is 2.33. The fourth-order valence-electron chi connectivity index (χ4n) is 2.97. The lowest BCUT2D eigenvalue weighted by molar-refractivity contribution is -0.113. The van der Waals surface area contributed by atoms with Crippen LogP contribution in [0.25, 0.3) is 6.08 Å². The van der Waals surface area contributed by atoms with Crippen molar-refractivity contribution in [2.75, 3.05) is 4.90 Å². The Morgan fingerprint density at radius 1 is 0.967 bits per heavy atom. The van der Waals surface area contributed by atoms with Gasteiger partial charge in [-0.1, -0.05) is 59.6 Å². The first-order valence-electron chi connectivity index (χ1n) is 9.32. The average Bonchev–Trinajstić information content (AvgIpc) is 3.02. The van der Waals surface area contributed by atoms with E-state index in [4.69, 9.17) is 16.3 Å². The Hall–Kier alpha value is -3.02. The highest BCUT2D eigenvalue weighted by Gasteiger charge is 2.36. The number of anilines is 1. The molecule has 150 valence electrons. The number of thioether (sulfide) groups is 1. The number of nitrogens with zero attached hydrogens (tertiary/aromatic N) is 1. The first kappa shape index (κ1) is 20.3. The van der Waals surface area contributed by atoms with E-state index in [1.54, 1.807) is 18.2 Å². The number of hydrogen-bond acceptors (Lipinski definition) is 4. The molecule has 0 aromatic heterocycles. The number of amides is 2. The van der Waals surface area contributed by atoms with Gasteiger partial charge in [-0.3, -0.25) is 9.59 Å². The normalized spacial score (nSPS) is 15.1. The van der Waals surface area contributed by atoms with Crippen LogP contribution >= 0.6 is 23.4 Å². The van der Waals surface area contributed by atoms with E-state index in [-0.39, 0.29) is 11.1 Å². The lowest BCUT2D eigenvalue weighted by Gasteiger charge is -2.12. The minimum absolute atomic E-state index is 0.296. The predicted molar refractivity (Wildman–Crippen MR) is 122 cm³/mol. The van der Waals surface area contributed by atoms with Gasteiger partial charge in [-0.05, 0) is 60.7 Å². The molecule has 0 N–H and O–H groups in total. The van der Waals surface area contributed by atoms with E-state index in [0.717, 1.165) is 28.5 Å². The van der Waals surface area contributed by atoms with Crippen LogP contribution in [-0.2, 0) is 11.4 Å². The van der Waals surface area contributed by atoms with Gasteiger partial charge in [0.25, 0.3) is 11.1 Å². The maximum atomic E-state index is 12.7. The summed E-state index contributed by atoms with van der Waals surface area (Å²) in [7, 11) is 0. The summed E-state index contributed by atoms with van der Waals surface area (Å²) < 4.78 is 5.78. The van der Waals surface area contributed by atoms with Crippen molar-refractivity contribution in [2.24, 2.45) is 0 Å². The van der Waals surface area contributed by atoms with Crippen molar-refractivity contribution >= 4 is 46.3 Å². The van der Waals surface area contributed by atoms with Gasteiger partial charge in [0.15, 0.2) is 0 Å². The smallest absolute Gasteiger partial charge is 0.298 e. The van der Waals surface area contributed by atoms with Crippen molar-refractivity contribution in [3.8, 4) is 5.75 Å². The fourth-order valence-corrected chi connectivity index (χ4v) is 4.00. The van der Waals surface area contributed by atoms with Gasteiger partial charge < -0.3 is 4.74 Å². The Morgan fingerprint density at radius 3 is 2.37 bits per heavy atom. The second-order valence-corrected chi connectivity index (χ2v) is 8.20. The van der Waals surface area contributed by atoms with E-state index in [9.17, 15) is 9.59 Å². The highest BCUT2D eigenvalue weighted by molar-refractivity contribution is 8.19. The Balaban J connectivity index is 1.46. The maximum Gasteiger partial charge on any atom is 0.298 e. The van der Waals surface area contributed by atoms with Crippen molar-refractivity contribution in [1.29, 1.82) is 0 Å². The number of carbonyl (C=O) groups is 2. The van der Waals surface area contributed by atoms with Crippen LogP contribution in [0.5, 0.6) is 5.75 Å². The molecule has 2 amide bonds. The fraction of sp³-hybridized carbons (Fsp3) is 0.0833. The van der Waals surface area contributed by atoms with Crippen LogP contribution in [-0.4, -0.2) is 11.1 Å². The molecule has 0 unspecified atom stereocenters. The Morgan fingerprint density at radius 2 is 1.67 bits per heavy atom. The molecule has 1 fully saturated rings. The van der Waals surface area contributed by atoms with Gasteiger partial charge in [0.05, 0.1) is 10.6 Å². The van der Waals surface area contributed by atoms with Gasteiger partial charge in [0.2, 0.25) is 0 Å². The predicted octanol–water partition coefficient (Wildman–Crippen LogP) is 6.47. The summed E-state index contributed by atoms with van der Waals surface area (Å²) in [6, 6.07) is 22.2. The zero-order chi connectivity index (χ0) is 21.1. The van der Waals surface area contributed by atoms with Crippen LogP contribution in [0.2, 0.25) is 5.02 Å². The molecular weight excluding hydrogens is 418 g/mol. The molecule has 3 aromatic carbocycles. The van der Waals surface area contributed by atoms with Crippen molar-refractivity contribution in [2.45, 2.75) is 13.5 Å². The highest BCUT2D eigenvalue weighted by atomic mass is 35.5. The number of benzene rings is 3. The van der Waals surface area contributed by atoms with Crippen LogP contribution in [0.1, 0.15) is 16.7 Å². The van der Waals surface area contributed by atoms with Gasteiger partial charge in [-0.25, -0.2) is 4.90 Å². The third kappa shape index (κ3) is 4.42. The molecule has 1 aliphatic heterocycles. The van der Waals surface area contributed by atoms with Gasteiger partial charge in [-0.2, -0.15) is 0 Å². The number of carbonyl (C=O) groups excluding carboxylic acids is 2. The SMILES string of the molecule is Cc1ccc(N2C(=O)S/C(=C\c3ccc(OCc4ccccc4Cl)cc3)C2=O)cc1. The summed E-state index contributed by atoms with van der Waals surface area (Å²) in [5.41, 5.74) is 3.37. The average molecular weight is 436 g/mol. The highest BCUT2D eigenvalue weighted by Crippen LogP contribution is 2.36. The summed E-state index contributed by atoms with van der Waals surface area (Å²) in [6.07, 6.45) is 1.72. The van der Waals surface area contributed by atoms with E-state index >= 15 is 0 Å². The molecular formula is C24H18ClNO3S. The molecule has 3 aromatic rings. The molecule has 1 heterocycles. The minimum Gasteiger partial charge on any atom is -0.489 e. The first-order valence-corrected chi connectivity index (χ1v) is 10.5. The minimum atomic E-state index is -0.312. The van der Waals surface area contributed by atoms with Gasteiger partial charge in [-0.15, -0.1) is 0 Å². The molecule has 0 bridgehead atoms. The zero-order valence-electron chi connectivity index (χ0n) is 16.2. The number of rotatable bonds is 5. The lowest BCUT2D eigenvalue weighted by Crippen LogP contribution is -2.27. The van der Waals surface area contributed by atoms with Gasteiger partial charge in [0, 0.05) is 10.6 Å². The molecule has 0 saturated carbocycles. The molecule has 0 atom stereocenters. The molecule has 4 rings (SSSR count). The van der Waals surface area contributed by atoms with Crippen molar-refractivity contribution < 1.29 is 14.3 Å². The molecule has 6 heteroatoms. The van der Waals surface area contributed by atoms with E-state index in [2.05, 4.69) is 0 Å². The largest absolute Gasteiger partial charge is 0.489 e. The molecule has 4 nitrogen and oxygen atoms in total. The van der Waals surface area contributed by atoms with E-state index in [0.29, 0.717) is 28.0 Å². The number of hydrogen-bond donors (Lipinski definition) is 0. The van der Waals surface area contributed by atoms with Crippen LogP contribution in [0.3, 0.4) is 0 Å². The number of halogens is 1. The van der Waals surface area contributed by atoms with Crippen LogP contribution in [0, 0.1) is 6.92 Å². The van der Waals surface area contributed by atoms with E-state index < -0.39 is 0 Å². The number of ether oxygens (including phenoxy) is 1. The Kier molecular flexibility index (Phi) is 5.93.